The van der Waals surface area contributed by atoms with E-state index in [2.05, 4.69) is 18.7 Å². The van der Waals surface area contributed by atoms with Crippen LogP contribution in [0.2, 0.25) is 5.02 Å². The van der Waals surface area contributed by atoms with Crippen molar-refractivity contribution < 1.29 is 24.2 Å². The molecule has 0 radical (unpaired) electrons. The molecule has 1 amide bonds. The van der Waals surface area contributed by atoms with Crippen molar-refractivity contribution in [3.05, 3.63) is 64.2 Å². The number of ketones is 1. The molecule has 1 atom stereocenters. The molecule has 0 unspecified atom stereocenters. The maximum Gasteiger partial charge on any atom is 0.295 e. The molecule has 3 rings (SSSR count). The zero-order valence-electron chi connectivity index (χ0n) is 21.4. The van der Waals surface area contributed by atoms with Gasteiger partial charge in [0.15, 0.2) is 11.5 Å². The maximum atomic E-state index is 13.3. The summed E-state index contributed by atoms with van der Waals surface area (Å²) in [6.45, 7) is 9.73. The minimum Gasteiger partial charge on any atom is -0.507 e. The fourth-order valence-electron chi connectivity index (χ4n) is 4.41. The largest absolute Gasteiger partial charge is 0.507 e. The Kier molecular flexibility index (Phi) is 9.79. The summed E-state index contributed by atoms with van der Waals surface area (Å²) in [5.74, 6) is -0.479. The van der Waals surface area contributed by atoms with Gasteiger partial charge in [0.25, 0.3) is 11.7 Å². The smallest absolute Gasteiger partial charge is 0.295 e. The van der Waals surface area contributed by atoms with Crippen molar-refractivity contribution in [1.82, 2.24) is 9.80 Å². The highest BCUT2D eigenvalue weighted by Gasteiger charge is 2.46. The van der Waals surface area contributed by atoms with Gasteiger partial charge >= 0.3 is 0 Å². The van der Waals surface area contributed by atoms with Crippen LogP contribution in [-0.4, -0.2) is 66.5 Å². The first kappa shape index (κ1) is 27.6. The number of amides is 1. The number of ether oxygens (including phenoxy) is 2. The van der Waals surface area contributed by atoms with Crippen molar-refractivity contribution in [2.24, 2.45) is 0 Å². The number of likely N-dealkylation sites (tertiary alicyclic amines) is 1. The number of nitrogens with zero attached hydrogens (tertiary/aromatic N) is 2. The number of methoxy groups -OCH3 is 1. The molecule has 36 heavy (non-hydrogen) atoms. The zero-order chi connectivity index (χ0) is 26.2. The van der Waals surface area contributed by atoms with Crippen molar-refractivity contribution in [3.8, 4) is 11.5 Å². The fraction of sp³-hybridized carbons (Fsp3) is 0.429. The van der Waals surface area contributed by atoms with Gasteiger partial charge in [0.1, 0.15) is 5.76 Å². The molecule has 1 heterocycles. The molecule has 0 aromatic heterocycles. The molecule has 0 bridgehead atoms. The van der Waals surface area contributed by atoms with E-state index in [1.807, 2.05) is 13.0 Å². The van der Waals surface area contributed by atoms with Gasteiger partial charge in [0.2, 0.25) is 0 Å². The number of benzene rings is 2. The van der Waals surface area contributed by atoms with E-state index in [4.69, 9.17) is 21.1 Å². The summed E-state index contributed by atoms with van der Waals surface area (Å²) in [5, 5.41) is 11.7. The molecule has 8 heteroatoms. The molecular formula is C28H35ClN2O5. The van der Waals surface area contributed by atoms with E-state index in [1.165, 1.54) is 0 Å². The van der Waals surface area contributed by atoms with Crippen LogP contribution in [0.25, 0.3) is 5.76 Å². The number of hydrogen-bond donors (Lipinski definition) is 1. The van der Waals surface area contributed by atoms with Crippen LogP contribution in [0.1, 0.15) is 50.8 Å². The molecular weight excluding hydrogens is 480 g/mol. The lowest BCUT2D eigenvalue weighted by Gasteiger charge is -2.27. The molecule has 1 aliphatic rings. The predicted octanol–water partition coefficient (Wildman–Crippen LogP) is 5.29. The number of carbonyl (C=O) groups is 2. The minimum atomic E-state index is -0.758. The monoisotopic (exact) mass is 514 g/mol. The number of aliphatic hydroxyl groups is 1. The Bertz CT molecular complexity index is 1100. The van der Waals surface area contributed by atoms with Gasteiger partial charge in [-0.1, -0.05) is 38.4 Å². The summed E-state index contributed by atoms with van der Waals surface area (Å²) in [7, 11) is 1.55. The molecule has 0 spiro atoms. The van der Waals surface area contributed by atoms with Gasteiger partial charge in [-0.15, -0.1) is 0 Å². The van der Waals surface area contributed by atoms with E-state index >= 15 is 0 Å². The number of Topliss-reactive ketones (excluding diaryl/α,β-unsaturated/α-hetero) is 1. The zero-order valence-corrected chi connectivity index (χ0v) is 22.2. The van der Waals surface area contributed by atoms with Crippen molar-refractivity contribution >= 4 is 29.1 Å². The fourth-order valence-corrected chi connectivity index (χ4v) is 4.54. The van der Waals surface area contributed by atoms with Gasteiger partial charge in [0, 0.05) is 17.1 Å². The van der Waals surface area contributed by atoms with Gasteiger partial charge in [-0.25, -0.2) is 0 Å². The van der Waals surface area contributed by atoms with E-state index in [0.717, 1.165) is 26.1 Å². The summed E-state index contributed by atoms with van der Waals surface area (Å²) in [6, 6.07) is 11.1. The molecule has 7 nitrogen and oxygen atoms in total. The van der Waals surface area contributed by atoms with Crippen molar-refractivity contribution in [1.29, 1.82) is 0 Å². The van der Waals surface area contributed by atoms with Crippen LogP contribution in [0, 0.1) is 0 Å². The lowest BCUT2D eigenvalue weighted by Crippen LogP contribution is -2.33. The Hall–Kier alpha value is -3.03. The third-order valence-corrected chi connectivity index (χ3v) is 6.64. The van der Waals surface area contributed by atoms with Crippen molar-refractivity contribution in [3.63, 3.8) is 0 Å². The Morgan fingerprint density at radius 3 is 2.36 bits per heavy atom. The molecule has 1 N–H and O–H groups in total. The molecule has 194 valence electrons. The highest BCUT2D eigenvalue weighted by molar-refractivity contribution is 6.46. The lowest BCUT2D eigenvalue weighted by molar-refractivity contribution is -0.140. The predicted molar refractivity (Wildman–Crippen MR) is 142 cm³/mol. The maximum absolute atomic E-state index is 13.3. The van der Waals surface area contributed by atoms with Crippen molar-refractivity contribution in [2.45, 2.75) is 39.7 Å². The molecule has 1 aliphatic heterocycles. The molecule has 2 aromatic carbocycles. The van der Waals surface area contributed by atoms with Gasteiger partial charge in [-0.2, -0.15) is 0 Å². The Morgan fingerprint density at radius 2 is 1.75 bits per heavy atom. The number of aliphatic hydroxyl groups excluding tert-OH is 1. The normalized spacial score (nSPS) is 17.2. The van der Waals surface area contributed by atoms with E-state index in [-0.39, 0.29) is 11.3 Å². The second-order valence-corrected chi connectivity index (χ2v) is 9.08. The second-order valence-electron chi connectivity index (χ2n) is 8.64. The summed E-state index contributed by atoms with van der Waals surface area (Å²) < 4.78 is 11.3. The minimum absolute atomic E-state index is 0.0504. The van der Waals surface area contributed by atoms with Gasteiger partial charge < -0.3 is 24.4 Å². The van der Waals surface area contributed by atoms with E-state index < -0.39 is 17.7 Å². The first-order chi connectivity index (χ1) is 17.4. The lowest BCUT2D eigenvalue weighted by atomic mass is 9.95. The molecule has 0 aliphatic carbocycles. The standard InChI is InChI=1S/C28H35ClN2O5/c1-5-17-36-22-14-11-20(18-23(22)35-4)25-24(26(32)19-9-12-21(29)13-10-19)27(33)28(34)31(25)16-8-15-30(6-2)7-3/h9-14,18,25,32H,5-8,15-17H2,1-4H3/b26-24+/t25-/m1/s1. The third kappa shape index (κ3) is 6.02. The Morgan fingerprint density at radius 1 is 1.06 bits per heavy atom. The Labute approximate surface area is 218 Å². The van der Waals surface area contributed by atoms with E-state index in [9.17, 15) is 14.7 Å². The van der Waals surface area contributed by atoms with Crippen LogP contribution < -0.4 is 9.47 Å². The van der Waals surface area contributed by atoms with Crippen LogP contribution in [0.15, 0.2) is 48.0 Å². The van der Waals surface area contributed by atoms with Gasteiger partial charge in [-0.05, 0) is 74.4 Å². The average Bonchev–Trinajstić information content (AvgIpc) is 3.14. The highest BCUT2D eigenvalue weighted by Crippen LogP contribution is 2.42. The molecule has 2 aromatic rings. The second kappa shape index (κ2) is 12.8. The first-order valence-corrected chi connectivity index (χ1v) is 12.8. The summed E-state index contributed by atoms with van der Waals surface area (Å²) in [6.07, 6.45) is 1.54. The van der Waals surface area contributed by atoms with Gasteiger partial charge in [-0.3, -0.25) is 9.59 Å². The molecule has 1 fully saturated rings. The molecule has 0 saturated carbocycles. The highest BCUT2D eigenvalue weighted by atomic mass is 35.5. The average molecular weight is 515 g/mol. The van der Waals surface area contributed by atoms with Gasteiger partial charge in [0.05, 0.1) is 25.3 Å². The first-order valence-electron chi connectivity index (χ1n) is 12.4. The van der Waals surface area contributed by atoms with Crippen LogP contribution in [0.4, 0.5) is 0 Å². The van der Waals surface area contributed by atoms with E-state index in [1.54, 1.807) is 48.4 Å². The van der Waals surface area contributed by atoms with Crippen LogP contribution >= 0.6 is 11.6 Å². The van der Waals surface area contributed by atoms with Crippen LogP contribution in [0.3, 0.4) is 0 Å². The number of hydrogen-bond acceptors (Lipinski definition) is 6. The summed E-state index contributed by atoms with van der Waals surface area (Å²) >= 11 is 6.01. The summed E-state index contributed by atoms with van der Waals surface area (Å²) in [5.41, 5.74) is 1.13. The SMILES string of the molecule is CCCOc1ccc([C@@H]2/C(=C(\O)c3ccc(Cl)cc3)C(=O)C(=O)N2CCCN(CC)CC)cc1OC. The van der Waals surface area contributed by atoms with E-state index in [0.29, 0.717) is 47.2 Å². The Balaban J connectivity index is 2.07. The number of carbonyl (C=O) groups excluding carboxylic acids is 2. The van der Waals surface area contributed by atoms with Crippen LogP contribution in [-0.2, 0) is 9.59 Å². The number of rotatable bonds is 12. The number of halogens is 1. The summed E-state index contributed by atoms with van der Waals surface area (Å²) in [4.78, 5) is 30.3. The topological polar surface area (TPSA) is 79.3 Å². The third-order valence-electron chi connectivity index (χ3n) is 6.39. The molecule has 1 saturated heterocycles. The van der Waals surface area contributed by atoms with Crippen LogP contribution in [0.5, 0.6) is 11.5 Å². The van der Waals surface area contributed by atoms with Crippen molar-refractivity contribution in [2.75, 3.05) is 39.9 Å². The quantitative estimate of drug-likeness (QED) is 0.235.